The first-order valence-electron chi connectivity index (χ1n) is 7.22. The molecule has 1 saturated carbocycles. The second kappa shape index (κ2) is 6.55. The van der Waals surface area contributed by atoms with E-state index in [-0.39, 0.29) is 17.9 Å². The lowest BCUT2D eigenvalue weighted by atomic mass is 9.85. The fraction of sp³-hybridized carbons (Fsp3) is 0.500. The van der Waals surface area contributed by atoms with Crippen molar-refractivity contribution in [2.45, 2.75) is 45.1 Å². The summed E-state index contributed by atoms with van der Waals surface area (Å²) < 4.78 is 0. The highest BCUT2D eigenvalue weighted by Gasteiger charge is 2.27. The first-order chi connectivity index (χ1) is 9.60. The summed E-state index contributed by atoms with van der Waals surface area (Å²) in [7, 11) is 0. The molecule has 1 amide bonds. The predicted octanol–water partition coefficient (Wildman–Crippen LogP) is 2.62. The number of rotatable bonds is 4. The van der Waals surface area contributed by atoms with Crippen molar-refractivity contribution < 1.29 is 14.7 Å². The first kappa shape index (κ1) is 14.6. The molecule has 108 valence electrons. The number of hydrogen-bond donors (Lipinski definition) is 2. The van der Waals surface area contributed by atoms with Crippen LogP contribution in [0.4, 0.5) is 0 Å². The highest BCUT2D eigenvalue weighted by molar-refractivity contribution is 5.94. The van der Waals surface area contributed by atoms with E-state index in [1.54, 1.807) is 0 Å². The highest BCUT2D eigenvalue weighted by Crippen LogP contribution is 2.24. The smallest absolute Gasteiger partial charge is 0.306 e. The summed E-state index contributed by atoms with van der Waals surface area (Å²) in [5, 5.41) is 12.0. The molecule has 1 fully saturated rings. The van der Waals surface area contributed by atoms with Crippen molar-refractivity contribution >= 4 is 11.9 Å². The second-order valence-electron chi connectivity index (χ2n) is 5.42. The summed E-state index contributed by atoms with van der Waals surface area (Å²) in [5.74, 6) is -1.18. The Morgan fingerprint density at radius 1 is 1.25 bits per heavy atom. The first-order valence-corrected chi connectivity index (χ1v) is 7.22. The van der Waals surface area contributed by atoms with Gasteiger partial charge in [-0.2, -0.15) is 0 Å². The second-order valence-corrected chi connectivity index (χ2v) is 5.42. The third-order valence-corrected chi connectivity index (χ3v) is 3.98. The maximum absolute atomic E-state index is 12.1. The van der Waals surface area contributed by atoms with Crippen LogP contribution in [0.25, 0.3) is 0 Å². The maximum Gasteiger partial charge on any atom is 0.306 e. The van der Waals surface area contributed by atoms with Gasteiger partial charge in [0.05, 0.1) is 5.92 Å². The maximum atomic E-state index is 12.1. The number of nitrogens with one attached hydrogen (secondary N) is 1. The number of aryl methyl sites for hydroxylation is 1. The van der Waals surface area contributed by atoms with E-state index < -0.39 is 5.97 Å². The fourth-order valence-corrected chi connectivity index (χ4v) is 2.71. The van der Waals surface area contributed by atoms with Gasteiger partial charge in [0.2, 0.25) is 0 Å². The number of hydrogen-bond acceptors (Lipinski definition) is 2. The lowest BCUT2D eigenvalue weighted by molar-refractivity contribution is -0.143. The molecular weight excluding hydrogens is 254 g/mol. The third kappa shape index (κ3) is 3.59. The Bertz CT molecular complexity index is 481. The molecule has 0 aliphatic heterocycles. The van der Waals surface area contributed by atoms with Crippen LogP contribution in [0, 0.1) is 5.92 Å². The van der Waals surface area contributed by atoms with Gasteiger partial charge in [-0.15, -0.1) is 0 Å². The summed E-state index contributed by atoms with van der Waals surface area (Å²) in [6.07, 6.45) is 3.92. The summed E-state index contributed by atoms with van der Waals surface area (Å²) in [5.41, 5.74) is 1.84. The summed E-state index contributed by atoms with van der Waals surface area (Å²) in [6.45, 7) is 2.07. The molecule has 2 rings (SSSR count). The van der Waals surface area contributed by atoms with Crippen molar-refractivity contribution in [1.29, 1.82) is 0 Å². The summed E-state index contributed by atoms with van der Waals surface area (Å²) in [6, 6.07) is 7.53. The normalized spacial score (nSPS) is 22.2. The van der Waals surface area contributed by atoms with Gasteiger partial charge in [0, 0.05) is 11.6 Å². The van der Waals surface area contributed by atoms with Crippen LogP contribution in [0.1, 0.15) is 48.5 Å². The molecule has 0 saturated heterocycles. The molecule has 0 spiro atoms. The SMILES string of the molecule is CCc1ccc(C(=O)NC2CCCC(C(=O)O)C2)cc1. The van der Waals surface area contributed by atoms with Crippen LogP contribution in [0.2, 0.25) is 0 Å². The Hall–Kier alpha value is -1.84. The third-order valence-electron chi connectivity index (χ3n) is 3.98. The van der Waals surface area contributed by atoms with Gasteiger partial charge in [-0.3, -0.25) is 9.59 Å². The van der Waals surface area contributed by atoms with Crippen LogP contribution in [0.5, 0.6) is 0 Å². The molecule has 0 aromatic heterocycles. The van der Waals surface area contributed by atoms with Crippen molar-refractivity contribution in [2.24, 2.45) is 5.92 Å². The van der Waals surface area contributed by atoms with E-state index in [1.807, 2.05) is 24.3 Å². The zero-order chi connectivity index (χ0) is 14.5. The average Bonchev–Trinajstić information content (AvgIpc) is 2.47. The molecule has 2 unspecified atom stereocenters. The molecular formula is C16H21NO3. The molecule has 0 heterocycles. The lowest BCUT2D eigenvalue weighted by Crippen LogP contribution is -2.39. The molecule has 0 bridgehead atoms. The lowest BCUT2D eigenvalue weighted by Gasteiger charge is -2.27. The molecule has 1 aromatic rings. The largest absolute Gasteiger partial charge is 0.481 e. The highest BCUT2D eigenvalue weighted by atomic mass is 16.4. The Morgan fingerprint density at radius 3 is 2.55 bits per heavy atom. The van der Waals surface area contributed by atoms with Crippen molar-refractivity contribution in [2.75, 3.05) is 0 Å². The van der Waals surface area contributed by atoms with Crippen molar-refractivity contribution in [3.63, 3.8) is 0 Å². The minimum Gasteiger partial charge on any atom is -0.481 e. The van der Waals surface area contributed by atoms with Gasteiger partial charge in [-0.05, 0) is 43.4 Å². The Labute approximate surface area is 119 Å². The average molecular weight is 275 g/mol. The number of carbonyl (C=O) groups excluding carboxylic acids is 1. The molecule has 1 aromatic carbocycles. The number of benzene rings is 1. The Morgan fingerprint density at radius 2 is 1.95 bits per heavy atom. The molecule has 2 N–H and O–H groups in total. The van der Waals surface area contributed by atoms with Gasteiger partial charge < -0.3 is 10.4 Å². The van der Waals surface area contributed by atoms with Gasteiger partial charge >= 0.3 is 5.97 Å². The van der Waals surface area contributed by atoms with Crippen LogP contribution in [-0.2, 0) is 11.2 Å². The molecule has 1 aliphatic carbocycles. The zero-order valence-electron chi connectivity index (χ0n) is 11.8. The van der Waals surface area contributed by atoms with Crippen molar-refractivity contribution in [1.82, 2.24) is 5.32 Å². The van der Waals surface area contributed by atoms with Gasteiger partial charge in [0.1, 0.15) is 0 Å². The summed E-state index contributed by atoms with van der Waals surface area (Å²) in [4.78, 5) is 23.1. The fourth-order valence-electron chi connectivity index (χ4n) is 2.71. The standard InChI is InChI=1S/C16H21NO3/c1-2-11-6-8-12(9-7-11)15(18)17-14-5-3-4-13(10-14)16(19)20/h6-9,13-14H,2-5,10H2,1H3,(H,17,18)(H,19,20). The van der Waals surface area contributed by atoms with E-state index in [4.69, 9.17) is 5.11 Å². The van der Waals surface area contributed by atoms with Crippen LogP contribution < -0.4 is 5.32 Å². The predicted molar refractivity (Wildman–Crippen MR) is 76.7 cm³/mol. The van der Waals surface area contributed by atoms with E-state index in [0.717, 1.165) is 19.3 Å². The van der Waals surface area contributed by atoms with E-state index in [9.17, 15) is 9.59 Å². The molecule has 1 aliphatic rings. The Kier molecular flexibility index (Phi) is 4.77. The minimum atomic E-state index is -0.753. The van der Waals surface area contributed by atoms with Gasteiger partial charge in [0.15, 0.2) is 0 Å². The molecule has 4 heteroatoms. The number of carboxylic acids is 1. The van der Waals surface area contributed by atoms with Gasteiger partial charge in [0.25, 0.3) is 5.91 Å². The van der Waals surface area contributed by atoms with Crippen LogP contribution in [0.3, 0.4) is 0 Å². The van der Waals surface area contributed by atoms with E-state index in [0.29, 0.717) is 18.4 Å². The monoisotopic (exact) mass is 275 g/mol. The van der Waals surface area contributed by atoms with Crippen LogP contribution >= 0.6 is 0 Å². The quantitative estimate of drug-likeness (QED) is 0.887. The topological polar surface area (TPSA) is 66.4 Å². The minimum absolute atomic E-state index is 0.0248. The number of aliphatic carboxylic acids is 1. The van der Waals surface area contributed by atoms with E-state index in [2.05, 4.69) is 12.2 Å². The molecule has 20 heavy (non-hydrogen) atoms. The number of carboxylic acid groups (broad SMARTS) is 1. The van der Waals surface area contributed by atoms with Crippen LogP contribution in [0.15, 0.2) is 24.3 Å². The number of amides is 1. The van der Waals surface area contributed by atoms with Gasteiger partial charge in [-0.25, -0.2) is 0 Å². The number of carbonyl (C=O) groups is 2. The Balaban J connectivity index is 1.94. The molecule has 2 atom stereocenters. The van der Waals surface area contributed by atoms with Gasteiger partial charge in [-0.1, -0.05) is 25.5 Å². The van der Waals surface area contributed by atoms with Crippen molar-refractivity contribution in [3.8, 4) is 0 Å². The van der Waals surface area contributed by atoms with E-state index >= 15 is 0 Å². The van der Waals surface area contributed by atoms with E-state index in [1.165, 1.54) is 5.56 Å². The molecule has 0 radical (unpaired) electrons. The zero-order valence-corrected chi connectivity index (χ0v) is 11.8. The molecule has 4 nitrogen and oxygen atoms in total. The van der Waals surface area contributed by atoms with Crippen molar-refractivity contribution in [3.05, 3.63) is 35.4 Å². The van der Waals surface area contributed by atoms with Crippen LogP contribution in [-0.4, -0.2) is 23.0 Å². The summed E-state index contributed by atoms with van der Waals surface area (Å²) >= 11 is 0.